The van der Waals surface area contributed by atoms with E-state index in [1.54, 1.807) is 6.07 Å². The second-order valence-corrected chi connectivity index (χ2v) is 5.68. The average molecular weight is 323 g/mol. The van der Waals surface area contributed by atoms with Crippen LogP contribution in [0.5, 0.6) is 0 Å². The molecule has 0 fully saturated rings. The van der Waals surface area contributed by atoms with Gasteiger partial charge in [0.1, 0.15) is 5.82 Å². The molecule has 1 aromatic carbocycles. The highest BCUT2D eigenvalue weighted by Crippen LogP contribution is 2.20. The van der Waals surface area contributed by atoms with E-state index in [0.717, 1.165) is 12.0 Å². The highest BCUT2D eigenvalue weighted by atomic mass is 79.9. The van der Waals surface area contributed by atoms with Crippen LogP contribution in [-0.4, -0.2) is 11.9 Å². The molecule has 0 bridgehead atoms. The predicted molar refractivity (Wildman–Crippen MR) is 74.9 cm³/mol. The Morgan fingerprint density at radius 1 is 1.41 bits per heavy atom. The van der Waals surface area contributed by atoms with Gasteiger partial charge in [0.25, 0.3) is 0 Å². The smallest absolute Gasteiger partial charge is 0.137 e. The van der Waals surface area contributed by atoms with E-state index in [2.05, 4.69) is 35.1 Å². The molecule has 0 aliphatic rings. The molecule has 0 spiro atoms. The van der Waals surface area contributed by atoms with E-state index in [1.165, 1.54) is 6.07 Å². The molecule has 0 saturated heterocycles. The maximum Gasteiger partial charge on any atom is 0.137 e. The van der Waals surface area contributed by atoms with Crippen LogP contribution < -0.4 is 5.32 Å². The summed E-state index contributed by atoms with van der Waals surface area (Å²) in [4.78, 5) is 0. The molecule has 0 aromatic heterocycles. The molecule has 96 valence electrons. The summed E-state index contributed by atoms with van der Waals surface area (Å²) >= 11 is 9.16. The molecule has 4 heteroatoms. The predicted octanol–water partition coefficient (Wildman–Crippen LogP) is 4.33. The van der Waals surface area contributed by atoms with Crippen LogP contribution in [0.3, 0.4) is 0 Å². The summed E-state index contributed by atoms with van der Waals surface area (Å²) in [6, 6.07) is 5.34. The van der Waals surface area contributed by atoms with E-state index in [9.17, 15) is 4.39 Å². The van der Waals surface area contributed by atoms with Crippen LogP contribution in [0.1, 0.15) is 25.8 Å². The van der Waals surface area contributed by atoms with Gasteiger partial charge in [0, 0.05) is 18.5 Å². The quantitative estimate of drug-likeness (QED) is 0.769. The summed E-state index contributed by atoms with van der Waals surface area (Å²) in [5.74, 6) is 0.947. The van der Waals surface area contributed by atoms with Gasteiger partial charge in [0.2, 0.25) is 0 Å². The Morgan fingerprint density at radius 3 is 2.71 bits per heavy atom. The molecule has 0 heterocycles. The first-order valence-corrected chi connectivity index (χ1v) is 7.09. The van der Waals surface area contributed by atoms with Crippen LogP contribution in [0.25, 0.3) is 0 Å². The van der Waals surface area contributed by atoms with Crippen molar-refractivity contribution in [1.82, 2.24) is 5.32 Å². The molecular formula is C13H18BrClFN. The molecule has 1 aromatic rings. The third-order valence-electron chi connectivity index (χ3n) is 2.55. The standard InChI is InChI=1S/C13H18BrClFN/c1-9(2)6-11(7-15)17-8-10-4-3-5-12(16)13(10)14/h3-5,9,11,17H,6-8H2,1-2H3. The van der Waals surface area contributed by atoms with Gasteiger partial charge in [-0.15, -0.1) is 11.6 Å². The third-order valence-corrected chi connectivity index (χ3v) is 3.82. The van der Waals surface area contributed by atoms with Gasteiger partial charge in [-0.05, 0) is 39.9 Å². The lowest BCUT2D eigenvalue weighted by atomic mass is 10.0. The van der Waals surface area contributed by atoms with Crippen LogP contribution in [0, 0.1) is 11.7 Å². The van der Waals surface area contributed by atoms with Gasteiger partial charge in [-0.2, -0.15) is 0 Å². The van der Waals surface area contributed by atoms with E-state index in [1.807, 2.05) is 6.07 Å². The molecule has 0 aliphatic heterocycles. The van der Waals surface area contributed by atoms with Crippen molar-refractivity contribution in [2.24, 2.45) is 5.92 Å². The van der Waals surface area contributed by atoms with Crippen molar-refractivity contribution in [1.29, 1.82) is 0 Å². The fraction of sp³-hybridized carbons (Fsp3) is 0.538. The van der Waals surface area contributed by atoms with Gasteiger partial charge in [-0.1, -0.05) is 26.0 Å². The zero-order valence-corrected chi connectivity index (χ0v) is 12.5. The zero-order chi connectivity index (χ0) is 12.8. The fourth-order valence-corrected chi connectivity index (χ4v) is 2.35. The molecule has 1 rings (SSSR count). The number of benzene rings is 1. The summed E-state index contributed by atoms with van der Waals surface area (Å²) < 4.78 is 13.8. The first kappa shape index (κ1) is 14.9. The first-order chi connectivity index (χ1) is 8.04. The molecule has 0 radical (unpaired) electrons. The maximum atomic E-state index is 13.3. The number of nitrogens with one attached hydrogen (secondary N) is 1. The Balaban J connectivity index is 2.56. The fourth-order valence-electron chi connectivity index (χ4n) is 1.71. The average Bonchev–Trinajstić information content (AvgIpc) is 2.28. The third kappa shape index (κ3) is 4.94. The van der Waals surface area contributed by atoms with Gasteiger partial charge in [0.15, 0.2) is 0 Å². The van der Waals surface area contributed by atoms with E-state index in [4.69, 9.17) is 11.6 Å². The number of alkyl halides is 1. The van der Waals surface area contributed by atoms with Crippen LogP contribution in [-0.2, 0) is 6.54 Å². The number of hydrogen-bond acceptors (Lipinski definition) is 1. The van der Waals surface area contributed by atoms with Crippen molar-refractivity contribution in [3.05, 3.63) is 34.1 Å². The van der Waals surface area contributed by atoms with E-state index < -0.39 is 0 Å². The van der Waals surface area contributed by atoms with Crippen molar-refractivity contribution < 1.29 is 4.39 Å². The second-order valence-electron chi connectivity index (χ2n) is 4.57. The molecule has 0 saturated carbocycles. The normalized spacial score (nSPS) is 13.1. The Bertz CT molecular complexity index is 357. The maximum absolute atomic E-state index is 13.3. The van der Waals surface area contributed by atoms with Crippen LogP contribution >= 0.6 is 27.5 Å². The summed E-state index contributed by atoms with van der Waals surface area (Å²) in [5, 5.41) is 3.36. The molecule has 17 heavy (non-hydrogen) atoms. The Morgan fingerprint density at radius 2 is 2.12 bits per heavy atom. The molecule has 1 unspecified atom stereocenters. The molecule has 1 N–H and O–H groups in total. The van der Waals surface area contributed by atoms with Crippen LogP contribution in [0.15, 0.2) is 22.7 Å². The number of hydrogen-bond donors (Lipinski definition) is 1. The summed E-state index contributed by atoms with van der Waals surface area (Å²) in [5.41, 5.74) is 0.920. The largest absolute Gasteiger partial charge is 0.309 e. The molecule has 1 nitrogen and oxygen atoms in total. The zero-order valence-electron chi connectivity index (χ0n) is 10.1. The van der Waals surface area contributed by atoms with Crippen molar-refractivity contribution in [2.75, 3.05) is 5.88 Å². The Labute approximate surface area is 116 Å². The van der Waals surface area contributed by atoms with Crippen molar-refractivity contribution in [2.45, 2.75) is 32.9 Å². The van der Waals surface area contributed by atoms with Gasteiger partial charge in [-0.25, -0.2) is 4.39 Å². The first-order valence-electron chi connectivity index (χ1n) is 5.76. The highest BCUT2D eigenvalue weighted by molar-refractivity contribution is 9.10. The van der Waals surface area contributed by atoms with Crippen molar-refractivity contribution in [3.63, 3.8) is 0 Å². The van der Waals surface area contributed by atoms with Crippen LogP contribution in [0.4, 0.5) is 4.39 Å². The van der Waals surface area contributed by atoms with Crippen molar-refractivity contribution >= 4 is 27.5 Å². The highest BCUT2D eigenvalue weighted by Gasteiger charge is 2.11. The Hall–Kier alpha value is -0.120. The monoisotopic (exact) mass is 321 g/mol. The minimum absolute atomic E-state index is 0.226. The SMILES string of the molecule is CC(C)CC(CCl)NCc1cccc(F)c1Br. The summed E-state index contributed by atoms with van der Waals surface area (Å²) in [6.45, 7) is 4.96. The summed E-state index contributed by atoms with van der Waals surface area (Å²) in [7, 11) is 0. The second kappa shape index (κ2) is 7.34. The lowest BCUT2D eigenvalue weighted by molar-refractivity contribution is 0.444. The Kier molecular flexibility index (Phi) is 6.45. The van der Waals surface area contributed by atoms with Crippen LogP contribution in [0.2, 0.25) is 0 Å². The molecule has 1 atom stereocenters. The minimum Gasteiger partial charge on any atom is -0.309 e. The lowest BCUT2D eigenvalue weighted by Gasteiger charge is -2.18. The van der Waals surface area contributed by atoms with Gasteiger partial charge < -0.3 is 5.32 Å². The lowest BCUT2D eigenvalue weighted by Crippen LogP contribution is -2.31. The van der Waals surface area contributed by atoms with Gasteiger partial charge in [0.05, 0.1) is 4.47 Å². The number of halogens is 3. The van der Waals surface area contributed by atoms with E-state index in [-0.39, 0.29) is 11.9 Å². The van der Waals surface area contributed by atoms with Crippen molar-refractivity contribution in [3.8, 4) is 0 Å². The number of rotatable bonds is 6. The van der Waals surface area contributed by atoms with E-state index >= 15 is 0 Å². The molecular weight excluding hydrogens is 305 g/mol. The summed E-state index contributed by atoms with van der Waals surface area (Å²) in [6.07, 6.45) is 1.02. The van der Waals surface area contributed by atoms with Gasteiger partial charge >= 0.3 is 0 Å². The van der Waals surface area contributed by atoms with E-state index in [0.29, 0.717) is 22.8 Å². The minimum atomic E-state index is -0.226. The molecule has 0 amide bonds. The topological polar surface area (TPSA) is 12.0 Å². The van der Waals surface area contributed by atoms with Gasteiger partial charge in [-0.3, -0.25) is 0 Å². The molecule has 0 aliphatic carbocycles.